The van der Waals surface area contributed by atoms with Gasteiger partial charge in [-0.25, -0.2) is 0 Å². The zero-order valence-electron chi connectivity index (χ0n) is 3.46. The molecule has 0 unspecified atom stereocenters. The fourth-order valence-corrected chi connectivity index (χ4v) is 1.18. The molecule has 0 spiro atoms. The Labute approximate surface area is 51.0 Å². The first-order valence-electron chi connectivity index (χ1n) is 2.00. The molecule has 0 aromatic rings. The van der Waals surface area contributed by atoms with Gasteiger partial charge in [0.25, 0.3) is 0 Å². The zero-order valence-corrected chi connectivity index (χ0v) is 6.76. The summed E-state index contributed by atoms with van der Waals surface area (Å²) in [6.45, 7) is 0. The molecule has 0 aromatic carbocycles. The standard InChI is InChI=1S/C5H5.Sn.H/c1-2-4-5-3-1;;/h1-5H;;. The van der Waals surface area contributed by atoms with E-state index in [4.69, 9.17) is 0 Å². The van der Waals surface area contributed by atoms with E-state index < -0.39 is 0 Å². The Morgan fingerprint density at radius 3 is 1.83 bits per heavy atom. The normalized spacial score (nSPS) is 20.2. The SMILES string of the molecule is [SnH][CH]1C=CC=C1. The van der Waals surface area contributed by atoms with Crippen molar-refractivity contribution in [2.24, 2.45) is 0 Å². The molecule has 6 heavy (non-hydrogen) atoms. The predicted octanol–water partition coefficient (Wildman–Crippen LogP) is 0.802. The monoisotopic (exact) mass is 186 g/mol. The third-order valence-corrected chi connectivity index (χ3v) is 2.05. The van der Waals surface area contributed by atoms with Gasteiger partial charge in [0, 0.05) is 0 Å². The Morgan fingerprint density at radius 2 is 1.67 bits per heavy atom. The quantitative estimate of drug-likeness (QED) is 0.489. The van der Waals surface area contributed by atoms with Gasteiger partial charge in [0.2, 0.25) is 0 Å². The van der Waals surface area contributed by atoms with Gasteiger partial charge in [-0.3, -0.25) is 0 Å². The molecular formula is C5H6Sn. The summed E-state index contributed by atoms with van der Waals surface area (Å²) in [6, 6.07) is 0. The van der Waals surface area contributed by atoms with Crippen LogP contribution in [0.1, 0.15) is 0 Å². The van der Waals surface area contributed by atoms with Crippen molar-refractivity contribution in [3.63, 3.8) is 0 Å². The van der Waals surface area contributed by atoms with Gasteiger partial charge in [-0.2, -0.15) is 0 Å². The first-order chi connectivity index (χ1) is 2.89. The molecule has 1 aliphatic rings. The van der Waals surface area contributed by atoms with E-state index in [1.165, 1.54) is 22.5 Å². The third-order valence-electron chi connectivity index (χ3n) is 0.778. The van der Waals surface area contributed by atoms with Crippen molar-refractivity contribution < 1.29 is 0 Å². The van der Waals surface area contributed by atoms with Gasteiger partial charge in [-0.05, 0) is 0 Å². The van der Waals surface area contributed by atoms with Crippen LogP contribution in [0.15, 0.2) is 24.3 Å². The molecule has 0 bridgehead atoms. The Morgan fingerprint density at radius 1 is 1.17 bits per heavy atom. The van der Waals surface area contributed by atoms with Crippen LogP contribution in [-0.4, -0.2) is 22.5 Å². The zero-order chi connectivity index (χ0) is 4.41. The molecule has 1 aliphatic carbocycles. The summed E-state index contributed by atoms with van der Waals surface area (Å²) in [7, 11) is 0. The molecule has 0 atom stereocenters. The maximum absolute atomic E-state index is 2.22. The van der Waals surface area contributed by atoms with Crippen molar-refractivity contribution in [3.8, 4) is 0 Å². The molecule has 1 rings (SSSR count). The van der Waals surface area contributed by atoms with Crippen LogP contribution in [0, 0.1) is 0 Å². The summed E-state index contributed by atoms with van der Waals surface area (Å²) in [5.41, 5.74) is 0. The summed E-state index contributed by atoms with van der Waals surface area (Å²) in [4.78, 5) is 0. The van der Waals surface area contributed by atoms with Crippen LogP contribution in [-0.2, 0) is 0 Å². The molecule has 0 nitrogen and oxygen atoms in total. The van der Waals surface area contributed by atoms with Gasteiger partial charge in [-0.1, -0.05) is 0 Å². The summed E-state index contributed by atoms with van der Waals surface area (Å²) < 4.78 is 0.815. The van der Waals surface area contributed by atoms with E-state index in [1.54, 1.807) is 0 Å². The molecule has 0 aliphatic heterocycles. The average molecular weight is 185 g/mol. The molecule has 1 heteroatoms. The van der Waals surface area contributed by atoms with E-state index >= 15 is 0 Å². The number of allylic oxidation sites excluding steroid dienone is 4. The fourth-order valence-electron chi connectivity index (χ4n) is 0.449. The molecule has 30 valence electrons. The van der Waals surface area contributed by atoms with E-state index in [0.29, 0.717) is 0 Å². The molecule has 0 N–H and O–H groups in total. The Hall–Kier alpha value is 0.279. The van der Waals surface area contributed by atoms with Crippen LogP contribution < -0.4 is 0 Å². The van der Waals surface area contributed by atoms with Crippen LogP contribution in [0.5, 0.6) is 0 Å². The first-order valence-corrected chi connectivity index (χ1v) is 3.90. The second-order valence-electron chi connectivity index (χ2n) is 1.35. The second-order valence-corrected chi connectivity index (χ2v) is 3.54. The summed E-state index contributed by atoms with van der Waals surface area (Å²) in [5, 5.41) is 0. The van der Waals surface area contributed by atoms with Gasteiger partial charge in [0.15, 0.2) is 0 Å². The van der Waals surface area contributed by atoms with Crippen molar-refractivity contribution in [2.75, 3.05) is 0 Å². The van der Waals surface area contributed by atoms with Crippen LogP contribution in [0.25, 0.3) is 0 Å². The van der Waals surface area contributed by atoms with Crippen LogP contribution in [0.4, 0.5) is 0 Å². The van der Waals surface area contributed by atoms with Crippen molar-refractivity contribution >= 4 is 22.5 Å². The Kier molecular flexibility index (Phi) is 1.35. The number of rotatable bonds is 0. The molecule has 0 fully saturated rings. The topological polar surface area (TPSA) is 0 Å². The van der Waals surface area contributed by atoms with E-state index in [0.717, 1.165) is 3.93 Å². The van der Waals surface area contributed by atoms with E-state index in [1.807, 2.05) is 0 Å². The molecular weight excluding hydrogens is 179 g/mol. The van der Waals surface area contributed by atoms with Crippen molar-refractivity contribution in [1.82, 2.24) is 0 Å². The van der Waals surface area contributed by atoms with Crippen molar-refractivity contribution in [2.45, 2.75) is 3.93 Å². The van der Waals surface area contributed by atoms with Gasteiger partial charge < -0.3 is 0 Å². The van der Waals surface area contributed by atoms with Gasteiger partial charge >= 0.3 is 50.8 Å². The third kappa shape index (κ3) is 0.868. The minimum absolute atomic E-state index is 0.815. The maximum atomic E-state index is 2.22. The van der Waals surface area contributed by atoms with Crippen molar-refractivity contribution in [3.05, 3.63) is 24.3 Å². The van der Waals surface area contributed by atoms with E-state index in [9.17, 15) is 0 Å². The first kappa shape index (κ1) is 4.44. The molecule has 0 saturated heterocycles. The molecule has 2 radical (unpaired) electrons. The molecule has 0 saturated carbocycles. The molecule has 0 aromatic heterocycles. The second kappa shape index (κ2) is 1.82. The Balaban J connectivity index is 2.60. The van der Waals surface area contributed by atoms with E-state index in [-0.39, 0.29) is 0 Å². The number of hydrogen-bond donors (Lipinski definition) is 0. The van der Waals surface area contributed by atoms with Gasteiger partial charge in [0.05, 0.1) is 0 Å². The summed E-state index contributed by atoms with van der Waals surface area (Å²) >= 11 is 1.34. The van der Waals surface area contributed by atoms with Crippen molar-refractivity contribution in [1.29, 1.82) is 0 Å². The van der Waals surface area contributed by atoms with Gasteiger partial charge in [-0.15, -0.1) is 0 Å². The average Bonchev–Trinajstić information content (AvgIpc) is 1.86. The van der Waals surface area contributed by atoms with Crippen LogP contribution in [0.3, 0.4) is 0 Å². The predicted molar refractivity (Wildman–Crippen MR) is 29.2 cm³/mol. The molecule has 0 amide bonds. The summed E-state index contributed by atoms with van der Waals surface area (Å²) in [6.07, 6.45) is 8.66. The van der Waals surface area contributed by atoms with Crippen LogP contribution >= 0.6 is 0 Å². The summed E-state index contributed by atoms with van der Waals surface area (Å²) in [5.74, 6) is 0. The number of hydrogen-bond acceptors (Lipinski definition) is 0. The minimum atomic E-state index is 0.815. The van der Waals surface area contributed by atoms with Gasteiger partial charge in [0.1, 0.15) is 0 Å². The van der Waals surface area contributed by atoms with E-state index in [2.05, 4.69) is 24.3 Å². The molecule has 0 heterocycles. The van der Waals surface area contributed by atoms with Crippen LogP contribution in [0.2, 0.25) is 3.93 Å². The fraction of sp³-hybridized carbons (Fsp3) is 0.200. The Bertz CT molecular complexity index is 80.1.